The van der Waals surface area contributed by atoms with Gasteiger partial charge >= 0.3 is 13.3 Å². The van der Waals surface area contributed by atoms with Crippen LogP contribution in [0.1, 0.15) is 36.1 Å². The van der Waals surface area contributed by atoms with E-state index in [4.69, 9.17) is 5.26 Å². The van der Waals surface area contributed by atoms with Crippen molar-refractivity contribution < 1.29 is 23.1 Å². The average Bonchev–Trinajstić information content (AvgIpc) is 2.53. The first-order chi connectivity index (χ1) is 11.6. The molecule has 8 heteroatoms. The first-order valence-corrected chi connectivity index (χ1v) is 10.1. The van der Waals surface area contributed by atoms with Crippen molar-refractivity contribution in [2.45, 2.75) is 38.8 Å². The molecule has 0 aliphatic heterocycles. The van der Waals surface area contributed by atoms with Crippen LogP contribution in [-0.2, 0) is 29.5 Å². The van der Waals surface area contributed by atoms with E-state index >= 15 is 0 Å². The van der Waals surface area contributed by atoms with E-state index in [9.17, 15) is 23.1 Å². The summed E-state index contributed by atoms with van der Waals surface area (Å²) in [5.74, 6) is 0. The van der Waals surface area contributed by atoms with Crippen LogP contribution in [0.3, 0.4) is 0 Å². The van der Waals surface area contributed by atoms with Gasteiger partial charge in [0.25, 0.3) is 0 Å². The highest BCUT2D eigenvalue weighted by Crippen LogP contribution is 2.62. The normalized spacial score (nSPS) is 12.4. The molecule has 0 amide bonds. The summed E-state index contributed by atoms with van der Waals surface area (Å²) >= 11 is 3.16. The Morgan fingerprint density at radius 3 is 2.28 bits per heavy atom. The minimum absolute atomic E-state index is 0.0284. The van der Waals surface area contributed by atoms with E-state index in [0.29, 0.717) is 22.9 Å². The lowest BCUT2D eigenvalue weighted by Gasteiger charge is -2.25. The summed E-state index contributed by atoms with van der Waals surface area (Å²) in [4.78, 5) is 18.4. The molecule has 0 atom stereocenters. The molecule has 134 valence electrons. The second-order valence-corrected chi connectivity index (χ2v) is 8.10. The molecule has 2 N–H and O–H groups in total. The second-order valence-electron chi connectivity index (χ2n) is 5.65. The molecule has 0 bridgehead atoms. The zero-order valence-corrected chi connectivity index (χ0v) is 16.2. The summed E-state index contributed by atoms with van der Waals surface area (Å²) in [5, 5.41) is 10.1. The summed E-state index contributed by atoms with van der Waals surface area (Å²) in [7, 11) is -5.71. The fraction of sp³-hybridized carbons (Fsp3) is 0.353. The second kappa shape index (κ2) is 7.13. The minimum Gasteiger partial charge on any atom is -0.320 e. The molecule has 0 fully saturated rings. The molecule has 4 nitrogen and oxygen atoms in total. The molecule has 0 saturated carbocycles. The van der Waals surface area contributed by atoms with Crippen molar-refractivity contribution >= 4 is 34.3 Å². The zero-order chi connectivity index (χ0) is 19.0. The van der Waals surface area contributed by atoms with Gasteiger partial charge in [-0.1, -0.05) is 26.0 Å². The van der Waals surface area contributed by atoms with Crippen molar-refractivity contribution in [2.24, 2.45) is 0 Å². The van der Waals surface area contributed by atoms with Gasteiger partial charge in [-0.15, -0.1) is 0 Å². The van der Waals surface area contributed by atoms with Gasteiger partial charge in [0.05, 0.1) is 18.1 Å². The van der Waals surface area contributed by atoms with E-state index in [2.05, 4.69) is 15.9 Å². The summed E-state index contributed by atoms with van der Waals surface area (Å²) < 4.78 is 40.7. The lowest BCUT2D eigenvalue weighted by Crippen LogP contribution is -2.18. The van der Waals surface area contributed by atoms with Gasteiger partial charge in [-0.3, -0.25) is 4.57 Å². The monoisotopic (exact) mass is 431 g/mol. The predicted molar refractivity (Wildman–Crippen MR) is 95.7 cm³/mol. The van der Waals surface area contributed by atoms with E-state index in [1.54, 1.807) is 32.0 Å². The Morgan fingerprint density at radius 1 is 1.20 bits per heavy atom. The predicted octanol–water partition coefficient (Wildman–Crippen LogP) is 5.02. The highest BCUT2D eigenvalue weighted by Gasteiger charge is 2.53. The van der Waals surface area contributed by atoms with Crippen LogP contribution in [0.25, 0.3) is 10.8 Å². The summed E-state index contributed by atoms with van der Waals surface area (Å²) in [5.41, 5.74) is -3.58. The molecule has 0 radical (unpaired) electrons. The van der Waals surface area contributed by atoms with Gasteiger partial charge in [-0.05, 0) is 62.3 Å². The Hall–Kier alpha value is -1.32. The molecule has 0 saturated heterocycles. The van der Waals surface area contributed by atoms with Crippen LogP contribution in [-0.4, -0.2) is 9.79 Å². The molecule has 25 heavy (non-hydrogen) atoms. The third-order valence-electron chi connectivity index (χ3n) is 4.18. The van der Waals surface area contributed by atoms with Crippen LogP contribution in [0.5, 0.6) is 0 Å². The Labute approximate surface area is 152 Å². The number of fused-ring (bicyclic) bond motifs is 1. The number of benzene rings is 2. The van der Waals surface area contributed by atoms with Gasteiger partial charge in [0, 0.05) is 4.47 Å². The number of halogens is 3. The minimum atomic E-state index is -5.71. The maximum Gasteiger partial charge on any atom is 0.399 e. The molecule has 0 heterocycles. The lowest BCUT2D eigenvalue weighted by molar-refractivity contribution is 0.0549. The summed E-state index contributed by atoms with van der Waals surface area (Å²) in [6.07, 6.45) is 0.698. The van der Waals surface area contributed by atoms with E-state index in [0.717, 1.165) is 5.39 Å². The molecule has 2 aromatic carbocycles. The Kier molecular flexibility index (Phi) is 5.70. The van der Waals surface area contributed by atoms with E-state index in [1.807, 2.05) is 6.07 Å². The SMILES string of the molecule is CCc1c(Br)c(C(F)(F)P(=O)(O)O)c(CC)c2cc(CC#N)ccc12. The van der Waals surface area contributed by atoms with Crippen LogP contribution >= 0.6 is 23.5 Å². The lowest BCUT2D eigenvalue weighted by atomic mass is 9.90. The molecule has 0 unspecified atom stereocenters. The van der Waals surface area contributed by atoms with Gasteiger partial charge in [0.2, 0.25) is 0 Å². The third-order valence-corrected chi connectivity index (χ3v) is 6.01. The topological polar surface area (TPSA) is 81.3 Å². The number of nitrogens with zero attached hydrogens (tertiary/aromatic N) is 1. The number of hydrogen-bond donors (Lipinski definition) is 2. The molecule has 0 spiro atoms. The van der Waals surface area contributed by atoms with Crippen molar-refractivity contribution in [3.05, 3.63) is 44.9 Å². The van der Waals surface area contributed by atoms with Crippen LogP contribution in [0.2, 0.25) is 0 Å². The molecule has 0 aliphatic rings. The van der Waals surface area contributed by atoms with E-state index in [1.165, 1.54) is 0 Å². The van der Waals surface area contributed by atoms with Crippen molar-refractivity contribution in [1.82, 2.24) is 0 Å². The van der Waals surface area contributed by atoms with Gasteiger partial charge in [0.1, 0.15) is 0 Å². The van der Waals surface area contributed by atoms with Crippen molar-refractivity contribution in [1.29, 1.82) is 5.26 Å². The summed E-state index contributed by atoms with van der Waals surface area (Å²) in [6.45, 7) is 3.44. The highest BCUT2D eigenvalue weighted by molar-refractivity contribution is 9.10. The number of nitriles is 1. The Balaban J connectivity index is 3.02. The number of alkyl halides is 2. The Bertz CT molecular complexity index is 918. The number of rotatable bonds is 5. The van der Waals surface area contributed by atoms with E-state index < -0.39 is 18.8 Å². The van der Waals surface area contributed by atoms with Gasteiger partial charge in [0.15, 0.2) is 0 Å². The Morgan fingerprint density at radius 2 is 1.80 bits per heavy atom. The quantitative estimate of drug-likeness (QED) is 0.651. The van der Waals surface area contributed by atoms with E-state index in [-0.39, 0.29) is 22.9 Å². The van der Waals surface area contributed by atoms with Crippen LogP contribution in [0.15, 0.2) is 22.7 Å². The maximum atomic E-state index is 14.6. The van der Waals surface area contributed by atoms with Crippen LogP contribution in [0.4, 0.5) is 8.78 Å². The van der Waals surface area contributed by atoms with Crippen LogP contribution in [0, 0.1) is 11.3 Å². The summed E-state index contributed by atoms with van der Waals surface area (Å²) in [6, 6.07) is 7.20. The first kappa shape index (κ1) is 20.0. The van der Waals surface area contributed by atoms with Crippen LogP contribution < -0.4 is 0 Å². The number of hydrogen-bond acceptors (Lipinski definition) is 2. The molecule has 2 rings (SSSR count). The standard InChI is InChI=1S/C17H17BrF2NO3P/c1-3-11-14-9-10(7-8-21)5-6-13(14)12(4-2)16(18)15(11)17(19,20)25(22,23)24/h5-6,9H,3-4,7H2,1-2H3,(H2,22,23,24). The first-order valence-electron chi connectivity index (χ1n) is 7.66. The van der Waals surface area contributed by atoms with Gasteiger partial charge in [-0.25, -0.2) is 0 Å². The molecular formula is C17H17BrF2NO3P. The third kappa shape index (κ3) is 3.37. The maximum absolute atomic E-state index is 14.6. The molecule has 0 aromatic heterocycles. The highest BCUT2D eigenvalue weighted by atomic mass is 79.9. The molecule has 0 aliphatic carbocycles. The van der Waals surface area contributed by atoms with Crippen molar-refractivity contribution in [3.63, 3.8) is 0 Å². The number of aryl methyl sites for hydroxylation is 2. The average molecular weight is 432 g/mol. The molecule has 2 aromatic rings. The smallest absolute Gasteiger partial charge is 0.320 e. The largest absolute Gasteiger partial charge is 0.399 e. The fourth-order valence-corrected chi connectivity index (χ4v) is 4.69. The van der Waals surface area contributed by atoms with Gasteiger partial charge in [-0.2, -0.15) is 14.0 Å². The zero-order valence-electron chi connectivity index (χ0n) is 13.7. The van der Waals surface area contributed by atoms with Crippen molar-refractivity contribution in [2.75, 3.05) is 0 Å². The van der Waals surface area contributed by atoms with Gasteiger partial charge < -0.3 is 9.79 Å². The fourth-order valence-electron chi connectivity index (χ4n) is 3.01. The molecular weight excluding hydrogens is 415 g/mol. The van der Waals surface area contributed by atoms with Crippen molar-refractivity contribution in [3.8, 4) is 6.07 Å².